The zero-order valence-electron chi connectivity index (χ0n) is 20.2. The lowest BCUT2D eigenvalue weighted by Crippen LogP contribution is -2.41. The maximum Gasteiger partial charge on any atom is 0.185 e. The molecule has 2 bridgehead atoms. The molecule has 1 heterocycles. The van der Waals surface area contributed by atoms with Crippen LogP contribution in [0.15, 0.2) is 109 Å². The van der Waals surface area contributed by atoms with Crippen molar-refractivity contribution in [1.82, 2.24) is 0 Å². The zero-order valence-corrected chi connectivity index (χ0v) is 20.2. The predicted octanol–water partition coefficient (Wildman–Crippen LogP) is 6.85. The SMILES string of the molecule is CN(C)c1ccc(C2=C3C=C(c4ccc(C#N)cc4)OC34c3ccccc3C2c2ccccc24)cc1. The van der Waals surface area contributed by atoms with Gasteiger partial charge in [-0.15, -0.1) is 0 Å². The number of ether oxygens (including phenoxy) is 1. The summed E-state index contributed by atoms with van der Waals surface area (Å²) in [6.45, 7) is 0. The fourth-order valence-electron chi connectivity index (χ4n) is 6.18. The molecule has 0 saturated heterocycles. The number of hydrogen-bond acceptors (Lipinski definition) is 3. The number of anilines is 1. The molecule has 0 saturated carbocycles. The van der Waals surface area contributed by atoms with Crippen molar-refractivity contribution in [1.29, 1.82) is 5.26 Å². The Morgan fingerprint density at radius 3 is 1.92 bits per heavy atom. The van der Waals surface area contributed by atoms with Gasteiger partial charge in [0.25, 0.3) is 0 Å². The fraction of sp³-hybridized carbons (Fsp3) is 0.121. The van der Waals surface area contributed by atoms with Crippen molar-refractivity contribution < 1.29 is 4.74 Å². The molecule has 4 aliphatic rings. The molecule has 4 aromatic carbocycles. The minimum absolute atomic E-state index is 0.139. The summed E-state index contributed by atoms with van der Waals surface area (Å²) in [6.07, 6.45) is 2.23. The summed E-state index contributed by atoms with van der Waals surface area (Å²) < 4.78 is 7.08. The number of nitriles is 1. The molecule has 4 aromatic rings. The molecule has 3 heteroatoms. The highest BCUT2D eigenvalue weighted by molar-refractivity contribution is 5.93. The van der Waals surface area contributed by atoms with Gasteiger partial charge in [-0.05, 0) is 64.7 Å². The Balaban J connectivity index is 1.52. The Morgan fingerprint density at radius 2 is 1.33 bits per heavy atom. The Hall–Kier alpha value is -4.55. The molecule has 0 aromatic heterocycles. The van der Waals surface area contributed by atoms with E-state index in [2.05, 4.69) is 104 Å². The Bertz CT molecular complexity index is 1590. The molecule has 0 unspecified atom stereocenters. The standard InChI is InChI=1S/C33H24N2O/c1-35(2)24-17-15-23(16-18-24)31-29-19-30(22-13-11-21(20-34)12-14-22)36-33(29)27-9-5-3-7-25(27)32(31)26-8-4-6-10-28(26)33/h3-19,32H,1-2H3. The van der Waals surface area contributed by atoms with Crippen LogP contribution < -0.4 is 4.90 Å². The van der Waals surface area contributed by atoms with E-state index in [1.165, 1.54) is 44.7 Å². The minimum Gasteiger partial charge on any atom is -0.472 e. The van der Waals surface area contributed by atoms with Crippen molar-refractivity contribution >= 4 is 17.0 Å². The molecular weight excluding hydrogens is 440 g/mol. The summed E-state index contributed by atoms with van der Waals surface area (Å²) in [5.41, 5.74) is 10.9. The van der Waals surface area contributed by atoms with Crippen LogP contribution in [0.1, 0.15) is 44.9 Å². The normalized spacial score (nSPS) is 20.6. The van der Waals surface area contributed by atoms with Crippen molar-refractivity contribution in [2.24, 2.45) is 0 Å². The van der Waals surface area contributed by atoms with Crippen LogP contribution in [0.5, 0.6) is 0 Å². The third-order valence-corrected chi connectivity index (χ3v) is 7.79. The van der Waals surface area contributed by atoms with E-state index in [1.807, 2.05) is 24.3 Å². The van der Waals surface area contributed by atoms with Crippen LogP contribution in [0.25, 0.3) is 11.3 Å². The Labute approximate surface area is 211 Å². The van der Waals surface area contributed by atoms with Gasteiger partial charge in [-0.1, -0.05) is 60.7 Å². The lowest BCUT2D eigenvalue weighted by atomic mass is 9.58. The molecule has 0 N–H and O–H groups in total. The van der Waals surface area contributed by atoms with Gasteiger partial charge >= 0.3 is 0 Å². The number of benzene rings is 4. The summed E-state index contributed by atoms with van der Waals surface area (Å²) >= 11 is 0. The van der Waals surface area contributed by atoms with Gasteiger partial charge in [0.2, 0.25) is 0 Å². The largest absolute Gasteiger partial charge is 0.472 e. The first kappa shape index (κ1) is 20.8. The quantitative estimate of drug-likeness (QED) is 0.333. The van der Waals surface area contributed by atoms with Gasteiger partial charge in [-0.2, -0.15) is 5.26 Å². The zero-order chi connectivity index (χ0) is 24.4. The summed E-state index contributed by atoms with van der Waals surface area (Å²) in [5, 5.41) is 9.27. The summed E-state index contributed by atoms with van der Waals surface area (Å²) in [4.78, 5) is 2.13. The van der Waals surface area contributed by atoms with E-state index in [0.717, 1.165) is 11.3 Å². The molecule has 0 atom stereocenters. The van der Waals surface area contributed by atoms with E-state index >= 15 is 0 Å². The summed E-state index contributed by atoms with van der Waals surface area (Å²) in [6, 6.07) is 36.2. The average molecular weight is 465 g/mol. The average Bonchev–Trinajstić information content (AvgIpc) is 3.35. The second-order valence-corrected chi connectivity index (χ2v) is 9.86. The third-order valence-electron chi connectivity index (χ3n) is 7.79. The second-order valence-electron chi connectivity index (χ2n) is 9.86. The first-order valence-electron chi connectivity index (χ1n) is 12.2. The van der Waals surface area contributed by atoms with Gasteiger partial charge in [0, 0.05) is 48.0 Å². The molecule has 0 radical (unpaired) electrons. The molecule has 172 valence electrons. The number of nitrogens with zero attached hydrogens (tertiary/aromatic N) is 2. The maximum absolute atomic E-state index is 9.27. The molecule has 0 fully saturated rings. The van der Waals surface area contributed by atoms with Crippen molar-refractivity contribution in [2.45, 2.75) is 11.5 Å². The number of allylic oxidation sites excluding steroid dienone is 1. The first-order valence-corrected chi connectivity index (χ1v) is 12.2. The monoisotopic (exact) mass is 464 g/mol. The molecule has 1 spiro atoms. The Kier molecular flexibility index (Phi) is 4.32. The number of rotatable bonds is 3. The van der Waals surface area contributed by atoms with Crippen LogP contribution in [0.3, 0.4) is 0 Å². The predicted molar refractivity (Wildman–Crippen MR) is 143 cm³/mol. The van der Waals surface area contributed by atoms with Crippen LogP contribution in [0.2, 0.25) is 0 Å². The molecule has 1 aliphatic heterocycles. The van der Waals surface area contributed by atoms with E-state index in [1.54, 1.807) is 0 Å². The van der Waals surface area contributed by atoms with E-state index in [0.29, 0.717) is 5.56 Å². The molecule has 3 aliphatic carbocycles. The van der Waals surface area contributed by atoms with Crippen LogP contribution in [-0.2, 0) is 10.3 Å². The molecule has 8 rings (SSSR count). The van der Waals surface area contributed by atoms with Crippen LogP contribution in [0, 0.1) is 11.3 Å². The summed E-state index contributed by atoms with van der Waals surface area (Å²) in [5.74, 6) is 0.976. The van der Waals surface area contributed by atoms with Gasteiger partial charge < -0.3 is 9.64 Å². The van der Waals surface area contributed by atoms with E-state index in [9.17, 15) is 5.26 Å². The topological polar surface area (TPSA) is 36.3 Å². The van der Waals surface area contributed by atoms with Gasteiger partial charge in [0.05, 0.1) is 11.6 Å². The highest BCUT2D eigenvalue weighted by Crippen LogP contribution is 2.65. The minimum atomic E-state index is -0.694. The lowest BCUT2D eigenvalue weighted by molar-refractivity contribution is 0.126. The fourth-order valence-corrected chi connectivity index (χ4v) is 6.18. The van der Waals surface area contributed by atoms with Crippen LogP contribution in [-0.4, -0.2) is 14.1 Å². The molecular formula is C33H24N2O. The molecule has 0 amide bonds. The number of hydrogen-bond donors (Lipinski definition) is 0. The lowest BCUT2D eigenvalue weighted by Gasteiger charge is -2.48. The van der Waals surface area contributed by atoms with Crippen molar-refractivity contribution in [3.63, 3.8) is 0 Å². The maximum atomic E-state index is 9.27. The second kappa shape index (κ2) is 7.47. The van der Waals surface area contributed by atoms with Crippen LogP contribution in [0.4, 0.5) is 5.69 Å². The van der Waals surface area contributed by atoms with Gasteiger partial charge in [-0.3, -0.25) is 0 Å². The van der Waals surface area contributed by atoms with Crippen molar-refractivity contribution in [3.8, 4) is 6.07 Å². The first-order chi connectivity index (χ1) is 17.6. The van der Waals surface area contributed by atoms with Gasteiger partial charge in [-0.25, -0.2) is 0 Å². The van der Waals surface area contributed by atoms with Gasteiger partial charge in [0.1, 0.15) is 5.76 Å². The Morgan fingerprint density at radius 1 is 0.750 bits per heavy atom. The van der Waals surface area contributed by atoms with Crippen LogP contribution >= 0.6 is 0 Å². The molecule has 36 heavy (non-hydrogen) atoms. The van der Waals surface area contributed by atoms with E-state index < -0.39 is 5.60 Å². The highest BCUT2D eigenvalue weighted by Gasteiger charge is 2.57. The van der Waals surface area contributed by atoms with Crippen molar-refractivity contribution in [3.05, 3.63) is 148 Å². The van der Waals surface area contributed by atoms with E-state index in [4.69, 9.17) is 4.74 Å². The smallest absolute Gasteiger partial charge is 0.185 e. The third kappa shape index (κ3) is 2.67. The molecule has 3 nitrogen and oxygen atoms in total. The van der Waals surface area contributed by atoms with E-state index in [-0.39, 0.29) is 5.92 Å². The highest BCUT2D eigenvalue weighted by atomic mass is 16.5. The van der Waals surface area contributed by atoms with Gasteiger partial charge in [0.15, 0.2) is 5.60 Å². The van der Waals surface area contributed by atoms with Crippen molar-refractivity contribution in [2.75, 3.05) is 19.0 Å². The summed E-state index contributed by atoms with van der Waals surface area (Å²) in [7, 11) is 4.14.